The maximum absolute atomic E-state index is 13.6. The van der Waals surface area contributed by atoms with Crippen LogP contribution in [0, 0.1) is 0 Å². The summed E-state index contributed by atoms with van der Waals surface area (Å²) in [5, 5.41) is 3.04. The van der Waals surface area contributed by atoms with Gasteiger partial charge in [-0.1, -0.05) is 286 Å². The molecule has 0 spiro atoms. The highest BCUT2D eigenvalue weighted by Gasteiger charge is 2.27. The first-order chi connectivity index (χ1) is 40.4. The number of hydrogen-bond donors (Lipinski definition) is 1. The Balaban J connectivity index is 5.17. The number of esters is 1. The van der Waals surface area contributed by atoms with Crippen molar-refractivity contribution in [2.45, 2.75) is 328 Å². The molecule has 0 bridgehead atoms. The molecule has 9 nitrogen and oxygen atoms in total. The average molecular weight is 1180 g/mol. The molecule has 0 aromatic heterocycles. The number of quaternary nitrogens is 1. The summed E-state index contributed by atoms with van der Waals surface area (Å²) in [6.07, 6.45) is 82.7. The van der Waals surface area contributed by atoms with Crippen LogP contribution >= 0.6 is 7.82 Å². The molecule has 0 saturated carbocycles. The molecule has 0 aromatic carbocycles. The SMILES string of the molecule is CC/C=C\C/C=C\C/C=C\C/C=C\C/C=C\CCCCCCCCCC(=O)OC(/C=C/CCCCCCCCCCCCC)C(COP(=O)([O-])OCC[N+](C)(C)C)NC(=O)CCCCCCCCCCCCC/C=C/CCCCCCCC. The minimum absolute atomic E-state index is 0.0266. The standard InChI is InChI=1S/C73H133N2O7P/c1-7-10-13-16-19-22-25-28-30-32-34-36-37-39-41-43-45-48-51-54-57-60-63-66-73(77)82-71(64-61-58-55-52-49-46-27-24-21-18-15-12-9-3)70(69-81-83(78,79)80-68-67-75(4,5)6)74-72(76)65-62-59-56-53-50-47-44-42-40-38-35-33-31-29-26-23-20-17-14-11-8-2/h10,13,19,22,28-31,34,36,39,41,61,64,70-71H,7-9,11-12,14-18,20-21,23-27,32-33,35,37-38,40,42-60,62-63,65-69H2,1-6H3,(H-,74,76,78,79)/b13-10-,22-19-,30-28-,31-29+,36-34-,41-39-,64-61+. The smallest absolute Gasteiger partial charge is 0.306 e. The number of carbonyl (C=O) groups is 2. The number of phosphoric ester groups is 1. The van der Waals surface area contributed by atoms with E-state index in [1.807, 2.05) is 33.3 Å². The van der Waals surface area contributed by atoms with Crippen LogP contribution in [0.15, 0.2) is 85.1 Å². The Bertz CT molecular complexity index is 1700. The summed E-state index contributed by atoms with van der Waals surface area (Å²) >= 11 is 0. The van der Waals surface area contributed by atoms with Gasteiger partial charge in [0.05, 0.1) is 33.8 Å². The van der Waals surface area contributed by atoms with Crippen LogP contribution in [0.3, 0.4) is 0 Å². The van der Waals surface area contributed by atoms with Crippen LogP contribution in [-0.2, 0) is 27.9 Å². The van der Waals surface area contributed by atoms with E-state index in [-0.39, 0.29) is 24.9 Å². The van der Waals surface area contributed by atoms with Gasteiger partial charge in [0.15, 0.2) is 0 Å². The molecule has 0 heterocycles. The molecule has 0 rings (SSSR count). The quantitative estimate of drug-likeness (QED) is 0.0212. The summed E-state index contributed by atoms with van der Waals surface area (Å²) < 4.78 is 30.4. The number of likely N-dealkylation sites (N-methyl/N-ethyl adjacent to an activating group) is 1. The Hall–Kier alpha value is -2.81. The molecule has 3 atom stereocenters. The molecular formula is C73H133N2O7P. The van der Waals surface area contributed by atoms with E-state index in [0.717, 1.165) is 103 Å². The van der Waals surface area contributed by atoms with E-state index in [1.54, 1.807) is 0 Å². The average Bonchev–Trinajstić information content (AvgIpc) is 3.47. The highest BCUT2D eigenvalue weighted by Crippen LogP contribution is 2.38. The molecule has 0 aliphatic carbocycles. The fourth-order valence-electron chi connectivity index (χ4n) is 9.96. The van der Waals surface area contributed by atoms with E-state index >= 15 is 0 Å². The van der Waals surface area contributed by atoms with Crippen molar-refractivity contribution in [2.75, 3.05) is 40.9 Å². The summed E-state index contributed by atoms with van der Waals surface area (Å²) in [6, 6.07) is -0.898. The van der Waals surface area contributed by atoms with Gasteiger partial charge in [0, 0.05) is 12.8 Å². The number of ether oxygens (including phenoxy) is 1. The topological polar surface area (TPSA) is 114 Å². The summed E-state index contributed by atoms with van der Waals surface area (Å²) in [4.78, 5) is 40.2. The monoisotopic (exact) mass is 1180 g/mol. The number of allylic oxidation sites excluding steroid dienone is 13. The Kier molecular flexibility index (Phi) is 60.1. The normalized spacial score (nSPS) is 14.1. The molecule has 1 amide bonds. The first-order valence-corrected chi connectivity index (χ1v) is 36.4. The Labute approximate surface area is 514 Å². The highest BCUT2D eigenvalue weighted by atomic mass is 31.2. The van der Waals surface area contributed by atoms with Crippen molar-refractivity contribution in [1.82, 2.24) is 5.32 Å². The summed E-state index contributed by atoms with van der Waals surface area (Å²) in [5.41, 5.74) is 0. The predicted molar refractivity (Wildman–Crippen MR) is 358 cm³/mol. The van der Waals surface area contributed by atoms with E-state index < -0.39 is 26.6 Å². The third-order valence-corrected chi connectivity index (χ3v) is 16.3. The van der Waals surface area contributed by atoms with Crippen LogP contribution in [0.1, 0.15) is 316 Å². The molecule has 0 aromatic rings. The van der Waals surface area contributed by atoms with Gasteiger partial charge in [-0.25, -0.2) is 0 Å². The second-order valence-electron chi connectivity index (χ2n) is 24.6. The van der Waals surface area contributed by atoms with Gasteiger partial charge in [-0.05, 0) is 102 Å². The van der Waals surface area contributed by atoms with Crippen molar-refractivity contribution in [3.05, 3.63) is 85.1 Å². The molecule has 0 fully saturated rings. The van der Waals surface area contributed by atoms with Crippen LogP contribution in [0.2, 0.25) is 0 Å². The number of nitrogens with zero attached hydrogens (tertiary/aromatic N) is 1. The second-order valence-corrected chi connectivity index (χ2v) is 26.1. The zero-order chi connectivity index (χ0) is 60.7. The maximum Gasteiger partial charge on any atom is 0.306 e. The van der Waals surface area contributed by atoms with Crippen molar-refractivity contribution >= 4 is 19.7 Å². The van der Waals surface area contributed by atoms with Crippen LogP contribution in [-0.4, -0.2) is 69.4 Å². The van der Waals surface area contributed by atoms with Crippen molar-refractivity contribution in [3.63, 3.8) is 0 Å². The van der Waals surface area contributed by atoms with E-state index in [0.29, 0.717) is 17.4 Å². The van der Waals surface area contributed by atoms with Crippen LogP contribution in [0.25, 0.3) is 0 Å². The van der Waals surface area contributed by atoms with Gasteiger partial charge in [0.25, 0.3) is 7.82 Å². The van der Waals surface area contributed by atoms with Crippen molar-refractivity contribution < 1.29 is 37.3 Å². The minimum atomic E-state index is -4.71. The maximum atomic E-state index is 13.6. The molecule has 83 heavy (non-hydrogen) atoms. The van der Waals surface area contributed by atoms with Crippen molar-refractivity contribution in [3.8, 4) is 0 Å². The number of carbonyl (C=O) groups excluding carboxylic acids is 2. The van der Waals surface area contributed by atoms with Crippen LogP contribution < -0.4 is 10.2 Å². The molecule has 0 aliphatic rings. The lowest BCUT2D eigenvalue weighted by Gasteiger charge is -2.30. The number of nitrogens with one attached hydrogen (secondary N) is 1. The van der Waals surface area contributed by atoms with Gasteiger partial charge in [0.2, 0.25) is 5.91 Å². The first-order valence-electron chi connectivity index (χ1n) is 34.9. The third kappa shape index (κ3) is 63.5. The van der Waals surface area contributed by atoms with Gasteiger partial charge in [-0.15, -0.1) is 0 Å². The minimum Gasteiger partial charge on any atom is -0.756 e. The lowest BCUT2D eigenvalue weighted by atomic mass is 10.0. The summed E-state index contributed by atoms with van der Waals surface area (Å²) in [5.74, 6) is -0.548. The molecule has 482 valence electrons. The largest absolute Gasteiger partial charge is 0.756 e. The van der Waals surface area contributed by atoms with E-state index in [9.17, 15) is 19.0 Å². The highest BCUT2D eigenvalue weighted by molar-refractivity contribution is 7.45. The summed E-state index contributed by atoms with van der Waals surface area (Å²) in [7, 11) is 1.18. The Morgan fingerprint density at radius 3 is 1.17 bits per heavy atom. The fraction of sp³-hybridized carbons (Fsp3) is 0.781. The fourth-order valence-corrected chi connectivity index (χ4v) is 10.7. The Morgan fingerprint density at radius 1 is 0.434 bits per heavy atom. The number of amides is 1. The van der Waals surface area contributed by atoms with E-state index in [4.69, 9.17) is 13.8 Å². The first kappa shape index (κ1) is 80.2. The summed E-state index contributed by atoms with van der Waals surface area (Å²) in [6.45, 7) is 6.75. The van der Waals surface area contributed by atoms with Gasteiger partial charge in [0.1, 0.15) is 19.3 Å². The van der Waals surface area contributed by atoms with Crippen molar-refractivity contribution in [1.29, 1.82) is 0 Å². The zero-order valence-electron chi connectivity index (χ0n) is 55.1. The third-order valence-electron chi connectivity index (χ3n) is 15.3. The number of hydrogen-bond acceptors (Lipinski definition) is 7. The molecule has 3 unspecified atom stereocenters. The number of unbranched alkanes of at least 4 members (excludes halogenated alkanes) is 35. The molecule has 10 heteroatoms. The van der Waals surface area contributed by atoms with E-state index in [2.05, 4.69) is 99.0 Å². The van der Waals surface area contributed by atoms with E-state index in [1.165, 1.54) is 180 Å². The molecule has 0 radical (unpaired) electrons. The van der Waals surface area contributed by atoms with Crippen LogP contribution in [0.5, 0.6) is 0 Å². The number of phosphoric acid groups is 1. The van der Waals surface area contributed by atoms with Gasteiger partial charge < -0.3 is 28.5 Å². The lowest BCUT2D eigenvalue weighted by Crippen LogP contribution is -2.47. The lowest BCUT2D eigenvalue weighted by molar-refractivity contribution is -0.870. The van der Waals surface area contributed by atoms with Gasteiger partial charge in [-0.3, -0.25) is 14.2 Å². The molecule has 0 saturated heterocycles. The van der Waals surface area contributed by atoms with Gasteiger partial charge >= 0.3 is 5.97 Å². The second kappa shape index (κ2) is 62.2. The molecule has 0 aliphatic heterocycles. The zero-order valence-corrected chi connectivity index (χ0v) is 56.0. The molecular weight excluding hydrogens is 1050 g/mol. The Morgan fingerprint density at radius 2 is 0.771 bits per heavy atom. The molecule has 1 N–H and O–H groups in total. The predicted octanol–water partition coefficient (Wildman–Crippen LogP) is 21.5. The van der Waals surface area contributed by atoms with Crippen LogP contribution in [0.4, 0.5) is 0 Å². The van der Waals surface area contributed by atoms with Gasteiger partial charge in [-0.2, -0.15) is 0 Å². The number of rotatable bonds is 63. The van der Waals surface area contributed by atoms with Crippen molar-refractivity contribution in [2.24, 2.45) is 0 Å².